The highest BCUT2D eigenvalue weighted by atomic mass is 16.5. The summed E-state index contributed by atoms with van der Waals surface area (Å²) in [4.78, 5) is 0. The van der Waals surface area contributed by atoms with Crippen LogP contribution in [-0.4, -0.2) is 38.5 Å². The molecule has 0 unspecified atom stereocenters. The first-order valence-corrected chi connectivity index (χ1v) is 14.3. The Bertz CT molecular complexity index is 1150. The molecule has 40 heavy (non-hydrogen) atoms. The van der Waals surface area contributed by atoms with Gasteiger partial charge in [0.25, 0.3) is 0 Å². The summed E-state index contributed by atoms with van der Waals surface area (Å²) in [6, 6.07) is 29.3. The normalized spacial score (nSPS) is 21.2. The van der Waals surface area contributed by atoms with Crippen LogP contribution in [0.4, 0.5) is 0 Å². The van der Waals surface area contributed by atoms with Crippen LogP contribution in [-0.2, 0) is 34.0 Å². The number of benzene rings is 3. The molecule has 1 saturated heterocycles. The lowest BCUT2D eigenvalue weighted by Crippen LogP contribution is -2.55. The lowest BCUT2D eigenvalue weighted by atomic mass is 9.85. The number of piperidine rings is 1. The van der Waals surface area contributed by atoms with Gasteiger partial charge in [0.05, 0.1) is 46.2 Å². The molecule has 4 rings (SSSR count). The average molecular weight is 542 g/mol. The van der Waals surface area contributed by atoms with Crippen LogP contribution in [0.25, 0.3) is 0 Å². The fourth-order valence-electron chi connectivity index (χ4n) is 4.94. The summed E-state index contributed by atoms with van der Waals surface area (Å²) in [6.45, 7) is 5.35. The number of methoxy groups -OCH3 is 1. The number of hydrogen-bond donors (Lipinski definition) is 1. The van der Waals surface area contributed by atoms with Crippen molar-refractivity contribution in [3.63, 3.8) is 0 Å². The summed E-state index contributed by atoms with van der Waals surface area (Å²) >= 11 is 0. The molecule has 0 radical (unpaired) electrons. The zero-order chi connectivity index (χ0) is 27.8. The third-order valence-corrected chi connectivity index (χ3v) is 7.35. The van der Waals surface area contributed by atoms with Gasteiger partial charge in [-0.25, -0.2) is 0 Å². The van der Waals surface area contributed by atoms with Crippen molar-refractivity contribution in [1.29, 1.82) is 0 Å². The molecule has 0 aliphatic carbocycles. The summed E-state index contributed by atoms with van der Waals surface area (Å²) in [5.41, 5.74) is 3.54. The van der Waals surface area contributed by atoms with Crippen LogP contribution in [0, 0.1) is 5.92 Å². The summed E-state index contributed by atoms with van der Waals surface area (Å²) in [7, 11) is 1.67. The fourth-order valence-corrected chi connectivity index (χ4v) is 4.94. The van der Waals surface area contributed by atoms with Crippen molar-refractivity contribution in [3.8, 4) is 5.75 Å². The molecule has 4 atom stereocenters. The van der Waals surface area contributed by atoms with Crippen molar-refractivity contribution in [1.82, 2.24) is 5.32 Å². The third-order valence-electron chi connectivity index (χ3n) is 7.35. The highest BCUT2D eigenvalue weighted by Gasteiger charge is 2.35. The molecule has 1 N–H and O–H groups in total. The third kappa shape index (κ3) is 10.1. The molecule has 5 nitrogen and oxygen atoms in total. The van der Waals surface area contributed by atoms with Gasteiger partial charge in [-0.3, -0.25) is 0 Å². The molecular formula is C35H43NO4. The molecule has 1 fully saturated rings. The first-order chi connectivity index (χ1) is 19.7. The van der Waals surface area contributed by atoms with E-state index in [1.165, 1.54) is 11.1 Å². The number of ether oxygens (including phenoxy) is 4. The summed E-state index contributed by atoms with van der Waals surface area (Å²) in [5.74, 6) is 1.21. The number of hydrogen-bond acceptors (Lipinski definition) is 5. The zero-order valence-electron chi connectivity index (χ0n) is 23.8. The minimum absolute atomic E-state index is 0.173. The van der Waals surface area contributed by atoms with E-state index in [2.05, 4.69) is 79.0 Å². The Morgan fingerprint density at radius 1 is 0.750 bits per heavy atom. The van der Waals surface area contributed by atoms with Gasteiger partial charge in [-0.05, 0) is 47.6 Å². The van der Waals surface area contributed by atoms with Gasteiger partial charge < -0.3 is 24.3 Å². The molecule has 0 aromatic heterocycles. The molecule has 0 bridgehead atoms. The van der Waals surface area contributed by atoms with Crippen LogP contribution in [0.15, 0.2) is 109 Å². The number of nitrogens with one attached hydrogen (secondary N) is 1. The predicted molar refractivity (Wildman–Crippen MR) is 161 cm³/mol. The van der Waals surface area contributed by atoms with Crippen molar-refractivity contribution in [3.05, 3.63) is 126 Å². The lowest BCUT2D eigenvalue weighted by molar-refractivity contribution is -0.0518. The van der Waals surface area contributed by atoms with E-state index in [0.717, 1.165) is 24.2 Å². The Labute approximate surface area is 239 Å². The summed E-state index contributed by atoms with van der Waals surface area (Å²) < 4.78 is 23.6. The molecular weight excluding hydrogens is 498 g/mol. The topological polar surface area (TPSA) is 49.0 Å². The van der Waals surface area contributed by atoms with Crippen LogP contribution in [0.5, 0.6) is 5.75 Å². The van der Waals surface area contributed by atoms with Gasteiger partial charge in [-0.2, -0.15) is 0 Å². The molecule has 0 saturated carbocycles. The minimum atomic E-state index is 0.173. The molecule has 1 aliphatic rings. The molecule has 5 heteroatoms. The predicted octanol–water partition coefficient (Wildman–Crippen LogP) is 6.88. The Morgan fingerprint density at radius 2 is 1.38 bits per heavy atom. The smallest absolute Gasteiger partial charge is 0.118 e. The van der Waals surface area contributed by atoms with Gasteiger partial charge >= 0.3 is 0 Å². The van der Waals surface area contributed by atoms with Gasteiger partial charge in [0.2, 0.25) is 0 Å². The Kier molecular flexibility index (Phi) is 12.5. The van der Waals surface area contributed by atoms with Gasteiger partial charge in [-0.1, -0.05) is 104 Å². The van der Waals surface area contributed by atoms with E-state index in [-0.39, 0.29) is 12.1 Å². The summed E-state index contributed by atoms with van der Waals surface area (Å²) in [5, 5.41) is 3.84. The van der Waals surface area contributed by atoms with Crippen LogP contribution in [0.3, 0.4) is 0 Å². The van der Waals surface area contributed by atoms with Crippen molar-refractivity contribution in [2.24, 2.45) is 5.92 Å². The maximum Gasteiger partial charge on any atom is 0.118 e. The molecule has 212 valence electrons. The standard InChI is InChI=1S/C35H43NO4/c1-28-34(27-39-25-29-13-7-5-8-14-29)36-32(23-35(28)40-26-30-15-9-6-10-16-30)17-11-3-4-12-22-38-24-31-18-20-33(37-2)21-19-31/h3-16,18-21,28,32,34-36H,17,22-27H2,1-2H3/b11-3+,12-4+/t28-,32+,34-,35+/m1/s1. The maximum atomic E-state index is 6.47. The average Bonchev–Trinajstić information content (AvgIpc) is 3.00. The van der Waals surface area contributed by atoms with Gasteiger partial charge in [-0.15, -0.1) is 0 Å². The van der Waals surface area contributed by atoms with E-state index in [0.29, 0.717) is 45.0 Å². The molecule has 1 aliphatic heterocycles. The van der Waals surface area contributed by atoms with E-state index >= 15 is 0 Å². The molecule has 3 aromatic carbocycles. The van der Waals surface area contributed by atoms with Gasteiger partial charge in [0, 0.05) is 12.1 Å². The SMILES string of the molecule is COc1ccc(COC/C=C/C=C/C[C@H]2C[C@H](OCc3ccccc3)[C@H](C)[C@@H](COCc3ccccc3)N2)cc1. The Morgan fingerprint density at radius 3 is 2.08 bits per heavy atom. The fraction of sp³-hybridized carbons (Fsp3) is 0.371. The van der Waals surface area contributed by atoms with E-state index in [1.54, 1.807) is 7.11 Å². The van der Waals surface area contributed by atoms with Crippen molar-refractivity contribution in [2.45, 2.75) is 57.8 Å². The van der Waals surface area contributed by atoms with Crippen molar-refractivity contribution < 1.29 is 18.9 Å². The molecule has 3 aromatic rings. The molecule has 1 heterocycles. The van der Waals surface area contributed by atoms with E-state index < -0.39 is 0 Å². The number of allylic oxidation sites excluding steroid dienone is 2. The minimum Gasteiger partial charge on any atom is -0.497 e. The summed E-state index contributed by atoms with van der Waals surface area (Å²) in [6.07, 6.45) is 10.5. The zero-order valence-corrected chi connectivity index (χ0v) is 23.8. The second-order valence-electron chi connectivity index (χ2n) is 10.4. The van der Waals surface area contributed by atoms with Crippen LogP contribution >= 0.6 is 0 Å². The highest BCUT2D eigenvalue weighted by molar-refractivity contribution is 5.26. The molecule has 0 amide bonds. The highest BCUT2D eigenvalue weighted by Crippen LogP contribution is 2.26. The van der Waals surface area contributed by atoms with Crippen molar-refractivity contribution in [2.75, 3.05) is 20.3 Å². The Hall–Kier alpha value is -3.22. The van der Waals surface area contributed by atoms with Gasteiger partial charge in [0.15, 0.2) is 0 Å². The van der Waals surface area contributed by atoms with Crippen LogP contribution in [0.2, 0.25) is 0 Å². The maximum absolute atomic E-state index is 6.47. The second kappa shape index (κ2) is 16.8. The van der Waals surface area contributed by atoms with E-state index in [1.807, 2.05) is 42.5 Å². The van der Waals surface area contributed by atoms with Crippen molar-refractivity contribution >= 4 is 0 Å². The van der Waals surface area contributed by atoms with E-state index in [4.69, 9.17) is 18.9 Å². The number of rotatable bonds is 15. The van der Waals surface area contributed by atoms with Gasteiger partial charge in [0.1, 0.15) is 5.75 Å². The monoisotopic (exact) mass is 541 g/mol. The Balaban J connectivity index is 1.24. The van der Waals surface area contributed by atoms with E-state index in [9.17, 15) is 0 Å². The first-order valence-electron chi connectivity index (χ1n) is 14.3. The second-order valence-corrected chi connectivity index (χ2v) is 10.4. The molecule has 0 spiro atoms. The lowest BCUT2D eigenvalue weighted by Gasteiger charge is -2.41. The largest absolute Gasteiger partial charge is 0.497 e. The van der Waals surface area contributed by atoms with Crippen LogP contribution < -0.4 is 10.1 Å². The first kappa shape index (κ1) is 29.8. The van der Waals surface area contributed by atoms with Crippen LogP contribution in [0.1, 0.15) is 36.5 Å². The quantitative estimate of drug-likeness (QED) is 0.168.